The van der Waals surface area contributed by atoms with E-state index in [0.717, 1.165) is 22.4 Å². The Morgan fingerprint density at radius 3 is 2.40 bits per heavy atom. The van der Waals surface area contributed by atoms with Crippen LogP contribution < -0.4 is 10.5 Å². The third-order valence-electron chi connectivity index (χ3n) is 2.75. The molecule has 3 nitrogen and oxygen atoms in total. The van der Waals surface area contributed by atoms with E-state index in [1.807, 2.05) is 26.8 Å². The molecule has 0 bridgehead atoms. The van der Waals surface area contributed by atoms with Crippen LogP contribution in [-0.4, -0.2) is 13.0 Å². The van der Waals surface area contributed by atoms with Gasteiger partial charge in [-0.1, -0.05) is 6.07 Å². The predicted octanol–water partition coefficient (Wildman–Crippen LogP) is 1.65. The van der Waals surface area contributed by atoms with Crippen LogP contribution in [0.1, 0.15) is 22.3 Å². The van der Waals surface area contributed by atoms with E-state index in [1.165, 1.54) is 5.56 Å². The van der Waals surface area contributed by atoms with Crippen molar-refractivity contribution in [2.75, 3.05) is 7.11 Å². The quantitative estimate of drug-likeness (QED) is 0.819. The lowest BCUT2D eigenvalue weighted by molar-refractivity contribution is -0.117. The summed E-state index contributed by atoms with van der Waals surface area (Å²) in [4.78, 5) is 10.9. The fourth-order valence-corrected chi connectivity index (χ4v) is 1.75. The molecule has 15 heavy (non-hydrogen) atoms. The van der Waals surface area contributed by atoms with Crippen LogP contribution in [-0.2, 0) is 11.2 Å². The van der Waals surface area contributed by atoms with E-state index in [-0.39, 0.29) is 12.3 Å². The smallest absolute Gasteiger partial charge is 0.221 e. The highest BCUT2D eigenvalue weighted by molar-refractivity contribution is 5.78. The van der Waals surface area contributed by atoms with Gasteiger partial charge in [0, 0.05) is 5.56 Å². The average molecular weight is 207 g/mol. The maximum Gasteiger partial charge on any atom is 0.221 e. The molecule has 0 aliphatic carbocycles. The Morgan fingerprint density at radius 2 is 1.93 bits per heavy atom. The Hall–Kier alpha value is -1.51. The number of nitrogens with two attached hydrogens (primary N) is 1. The Balaban J connectivity index is 3.31. The van der Waals surface area contributed by atoms with Crippen LogP contribution in [0.15, 0.2) is 6.07 Å². The maximum atomic E-state index is 10.9. The van der Waals surface area contributed by atoms with Crippen molar-refractivity contribution in [2.45, 2.75) is 27.2 Å². The van der Waals surface area contributed by atoms with Gasteiger partial charge in [0.2, 0.25) is 5.91 Å². The van der Waals surface area contributed by atoms with Gasteiger partial charge in [0.25, 0.3) is 0 Å². The van der Waals surface area contributed by atoms with Gasteiger partial charge in [-0.15, -0.1) is 0 Å². The zero-order chi connectivity index (χ0) is 11.6. The van der Waals surface area contributed by atoms with Gasteiger partial charge in [-0.25, -0.2) is 0 Å². The second kappa shape index (κ2) is 4.34. The Bertz CT molecular complexity index is 397. The van der Waals surface area contributed by atoms with Crippen LogP contribution in [0, 0.1) is 20.8 Å². The zero-order valence-electron chi connectivity index (χ0n) is 9.68. The van der Waals surface area contributed by atoms with E-state index in [2.05, 4.69) is 0 Å². The normalized spacial score (nSPS) is 10.1. The molecule has 1 aromatic carbocycles. The van der Waals surface area contributed by atoms with Crippen LogP contribution in [0.4, 0.5) is 0 Å². The minimum absolute atomic E-state index is 0.227. The molecule has 0 saturated heterocycles. The van der Waals surface area contributed by atoms with Crippen molar-refractivity contribution in [3.05, 3.63) is 28.3 Å². The average Bonchev–Trinajstić information content (AvgIpc) is 2.14. The highest BCUT2D eigenvalue weighted by Gasteiger charge is 2.12. The summed E-state index contributed by atoms with van der Waals surface area (Å²) in [6.45, 7) is 6.05. The summed E-state index contributed by atoms with van der Waals surface area (Å²) in [7, 11) is 1.61. The Labute approximate surface area is 90.2 Å². The molecular formula is C12H17NO2. The van der Waals surface area contributed by atoms with E-state index in [4.69, 9.17) is 10.5 Å². The number of amides is 1. The third kappa shape index (κ3) is 2.29. The Morgan fingerprint density at radius 1 is 1.33 bits per heavy atom. The first-order valence-corrected chi connectivity index (χ1v) is 4.89. The monoisotopic (exact) mass is 207 g/mol. The van der Waals surface area contributed by atoms with E-state index in [1.54, 1.807) is 7.11 Å². The van der Waals surface area contributed by atoms with Gasteiger partial charge in [-0.2, -0.15) is 0 Å². The van der Waals surface area contributed by atoms with Crippen molar-refractivity contribution in [1.29, 1.82) is 0 Å². The lowest BCUT2D eigenvalue weighted by atomic mass is 9.97. The molecule has 0 fully saturated rings. The maximum absolute atomic E-state index is 10.9. The second-order valence-electron chi connectivity index (χ2n) is 3.78. The van der Waals surface area contributed by atoms with Crippen molar-refractivity contribution in [2.24, 2.45) is 5.73 Å². The number of methoxy groups -OCH3 is 1. The summed E-state index contributed by atoms with van der Waals surface area (Å²) in [5, 5.41) is 0. The molecule has 0 atom stereocenters. The zero-order valence-corrected chi connectivity index (χ0v) is 9.68. The van der Waals surface area contributed by atoms with Gasteiger partial charge in [-0.05, 0) is 37.5 Å². The highest BCUT2D eigenvalue weighted by atomic mass is 16.5. The van der Waals surface area contributed by atoms with Gasteiger partial charge < -0.3 is 10.5 Å². The largest absolute Gasteiger partial charge is 0.496 e. The van der Waals surface area contributed by atoms with E-state index >= 15 is 0 Å². The molecule has 2 N–H and O–H groups in total. The topological polar surface area (TPSA) is 52.3 Å². The molecule has 0 unspecified atom stereocenters. The molecule has 0 aromatic heterocycles. The highest BCUT2D eigenvalue weighted by Crippen LogP contribution is 2.28. The van der Waals surface area contributed by atoms with E-state index in [9.17, 15) is 4.79 Å². The number of primary amides is 1. The van der Waals surface area contributed by atoms with Crippen molar-refractivity contribution < 1.29 is 9.53 Å². The molecule has 1 rings (SSSR count). The summed E-state index contributed by atoms with van der Waals surface area (Å²) in [5.41, 5.74) is 9.49. The van der Waals surface area contributed by atoms with E-state index < -0.39 is 0 Å². The number of aryl methyl sites for hydroxylation is 1. The molecule has 0 heterocycles. The number of benzene rings is 1. The summed E-state index contributed by atoms with van der Waals surface area (Å²) in [6.07, 6.45) is 0.227. The number of ether oxygens (including phenoxy) is 1. The van der Waals surface area contributed by atoms with Gasteiger partial charge >= 0.3 is 0 Å². The van der Waals surface area contributed by atoms with E-state index in [0.29, 0.717) is 0 Å². The first-order chi connectivity index (χ1) is 6.97. The molecule has 0 radical (unpaired) electrons. The minimum atomic E-state index is -0.337. The molecule has 1 amide bonds. The molecule has 0 aliphatic rings. The van der Waals surface area contributed by atoms with Crippen molar-refractivity contribution in [3.8, 4) is 5.75 Å². The predicted molar refractivity (Wildman–Crippen MR) is 60.1 cm³/mol. The number of carbonyl (C=O) groups is 1. The van der Waals surface area contributed by atoms with Crippen molar-refractivity contribution in [1.82, 2.24) is 0 Å². The molecule has 0 spiro atoms. The molecule has 1 aromatic rings. The third-order valence-corrected chi connectivity index (χ3v) is 2.75. The van der Waals surface area contributed by atoms with Gasteiger partial charge in [0.05, 0.1) is 13.5 Å². The van der Waals surface area contributed by atoms with Crippen LogP contribution >= 0.6 is 0 Å². The lowest BCUT2D eigenvalue weighted by Crippen LogP contribution is -2.15. The summed E-state index contributed by atoms with van der Waals surface area (Å²) in [6, 6.07) is 1.96. The van der Waals surface area contributed by atoms with Crippen LogP contribution in [0.5, 0.6) is 5.75 Å². The summed E-state index contributed by atoms with van der Waals surface area (Å²) < 4.78 is 5.31. The molecule has 0 saturated carbocycles. The van der Waals surface area contributed by atoms with Crippen LogP contribution in [0.3, 0.4) is 0 Å². The van der Waals surface area contributed by atoms with Crippen LogP contribution in [0.2, 0.25) is 0 Å². The SMILES string of the molecule is COc1c(CC(N)=O)cc(C)c(C)c1C. The molecule has 0 aliphatic heterocycles. The standard InChI is InChI=1S/C12H17NO2/c1-7-5-10(6-11(13)14)12(15-4)9(3)8(7)2/h5H,6H2,1-4H3,(H2,13,14). The van der Waals surface area contributed by atoms with Gasteiger partial charge in [0.15, 0.2) is 0 Å². The Kier molecular flexibility index (Phi) is 3.35. The number of hydrogen-bond donors (Lipinski definition) is 1. The summed E-state index contributed by atoms with van der Waals surface area (Å²) in [5.74, 6) is 0.438. The number of carbonyl (C=O) groups excluding carboxylic acids is 1. The molecule has 3 heteroatoms. The number of rotatable bonds is 3. The molecule has 82 valence electrons. The summed E-state index contributed by atoms with van der Waals surface area (Å²) >= 11 is 0. The fourth-order valence-electron chi connectivity index (χ4n) is 1.75. The van der Waals surface area contributed by atoms with Crippen molar-refractivity contribution >= 4 is 5.91 Å². The first-order valence-electron chi connectivity index (χ1n) is 4.89. The van der Waals surface area contributed by atoms with Gasteiger partial charge in [-0.3, -0.25) is 4.79 Å². The minimum Gasteiger partial charge on any atom is -0.496 e. The molecular weight excluding hydrogens is 190 g/mol. The lowest BCUT2D eigenvalue weighted by Gasteiger charge is -2.14. The van der Waals surface area contributed by atoms with Crippen LogP contribution in [0.25, 0.3) is 0 Å². The second-order valence-corrected chi connectivity index (χ2v) is 3.78. The fraction of sp³-hybridized carbons (Fsp3) is 0.417. The van der Waals surface area contributed by atoms with Gasteiger partial charge in [0.1, 0.15) is 5.75 Å². The number of hydrogen-bond acceptors (Lipinski definition) is 2. The first kappa shape index (κ1) is 11.6. The van der Waals surface area contributed by atoms with Crippen molar-refractivity contribution in [3.63, 3.8) is 0 Å².